The molecule has 178 valence electrons. The van der Waals surface area contributed by atoms with Crippen LogP contribution in [0.1, 0.15) is 28.8 Å². The molecule has 1 saturated carbocycles. The lowest BCUT2D eigenvalue weighted by molar-refractivity contribution is -0.137. The zero-order valence-corrected chi connectivity index (χ0v) is 18.9. The predicted octanol–water partition coefficient (Wildman–Crippen LogP) is 6.71. The Bertz CT molecular complexity index is 1430. The fourth-order valence-corrected chi connectivity index (χ4v) is 4.29. The summed E-state index contributed by atoms with van der Waals surface area (Å²) in [5.41, 5.74) is 0.143. The third-order valence-electron chi connectivity index (χ3n) is 5.32. The molecule has 2 amide bonds. The number of thiazole rings is 1. The molecule has 6 nitrogen and oxygen atoms in total. The zero-order valence-electron chi connectivity index (χ0n) is 18.1. The summed E-state index contributed by atoms with van der Waals surface area (Å²) in [7, 11) is 0. The van der Waals surface area contributed by atoms with E-state index >= 15 is 0 Å². The van der Waals surface area contributed by atoms with Crippen molar-refractivity contribution in [2.24, 2.45) is 5.92 Å². The van der Waals surface area contributed by atoms with Crippen molar-refractivity contribution in [1.29, 1.82) is 0 Å². The first kappa shape index (κ1) is 22.9. The number of hydrogen-bond acceptors (Lipinski definition) is 5. The number of carbonyl (C=O) groups excluding carboxylic acids is 2. The number of amides is 2. The van der Waals surface area contributed by atoms with Crippen molar-refractivity contribution < 1.29 is 27.5 Å². The summed E-state index contributed by atoms with van der Waals surface area (Å²) < 4.78 is 45.5. The maximum absolute atomic E-state index is 12.9. The highest BCUT2D eigenvalue weighted by atomic mass is 32.1. The summed E-state index contributed by atoms with van der Waals surface area (Å²) in [6.07, 6.45) is -2.69. The van der Waals surface area contributed by atoms with E-state index in [9.17, 15) is 22.8 Å². The minimum absolute atomic E-state index is 0.0132. The zero-order chi connectivity index (χ0) is 24.6. The predicted molar refractivity (Wildman–Crippen MR) is 127 cm³/mol. The van der Waals surface area contributed by atoms with Gasteiger partial charge in [0.25, 0.3) is 5.91 Å². The van der Waals surface area contributed by atoms with Crippen molar-refractivity contribution in [2.75, 3.05) is 10.6 Å². The molecule has 1 heterocycles. The van der Waals surface area contributed by atoms with Crippen LogP contribution in [0.25, 0.3) is 10.2 Å². The molecule has 0 spiro atoms. The molecule has 35 heavy (non-hydrogen) atoms. The van der Waals surface area contributed by atoms with Gasteiger partial charge >= 0.3 is 6.18 Å². The van der Waals surface area contributed by atoms with Gasteiger partial charge in [0.2, 0.25) is 5.91 Å². The number of aromatic nitrogens is 1. The number of nitrogens with one attached hydrogen (secondary N) is 2. The lowest BCUT2D eigenvalue weighted by Gasteiger charge is -2.11. The topological polar surface area (TPSA) is 80.3 Å². The van der Waals surface area contributed by atoms with Crippen molar-refractivity contribution in [2.45, 2.75) is 19.0 Å². The molecule has 0 saturated heterocycles. The van der Waals surface area contributed by atoms with Crippen molar-refractivity contribution >= 4 is 44.2 Å². The highest BCUT2D eigenvalue weighted by molar-refractivity contribution is 7.22. The second kappa shape index (κ2) is 9.03. The van der Waals surface area contributed by atoms with E-state index in [4.69, 9.17) is 4.74 Å². The van der Waals surface area contributed by atoms with Gasteiger partial charge in [0.05, 0.1) is 15.8 Å². The molecule has 10 heteroatoms. The highest BCUT2D eigenvalue weighted by Gasteiger charge is 2.31. The van der Waals surface area contributed by atoms with E-state index in [2.05, 4.69) is 15.6 Å². The summed E-state index contributed by atoms with van der Waals surface area (Å²) >= 11 is 1.34. The minimum Gasteiger partial charge on any atom is -0.457 e. The van der Waals surface area contributed by atoms with Crippen LogP contribution in [-0.2, 0) is 11.0 Å². The van der Waals surface area contributed by atoms with Gasteiger partial charge in [0, 0.05) is 23.2 Å². The molecule has 4 aromatic rings. The molecule has 1 aliphatic rings. The van der Waals surface area contributed by atoms with Gasteiger partial charge in [0.1, 0.15) is 11.5 Å². The van der Waals surface area contributed by atoms with Crippen LogP contribution >= 0.6 is 11.3 Å². The van der Waals surface area contributed by atoms with Crippen LogP contribution in [0.3, 0.4) is 0 Å². The average molecular weight is 497 g/mol. The van der Waals surface area contributed by atoms with Gasteiger partial charge < -0.3 is 15.4 Å². The first-order chi connectivity index (χ1) is 16.7. The Balaban J connectivity index is 1.29. The maximum Gasteiger partial charge on any atom is 0.416 e. The molecule has 3 aromatic carbocycles. The monoisotopic (exact) mass is 497 g/mol. The normalized spacial score (nSPS) is 13.5. The first-order valence-electron chi connectivity index (χ1n) is 10.7. The SMILES string of the molecule is O=C(Nc1cccc(C(F)(F)F)c1)c1cccc(Oc2ccc3nc(NC(=O)C4CC4)sc3c2)c1. The molecule has 0 unspecified atom stereocenters. The van der Waals surface area contributed by atoms with E-state index in [1.807, 2.05) is 0 Å². The van der Waals surface area contributed by atoms with E-state index < -0.39 is 17.6 Å². The number of carbonyl (C=O) groups is 2. The van der Waals surface area contributed by atoms with Crippen molar-refractivity contribution in [3.05, 3.63) is 77.9 Å². The van der Waals surface area contributed by atoms with Gasteiger partial charge in [-0.05, 0) is 61.4 Å². The second-order valence-electron chi connectivity index (χ2n) is 8.07. The fraction of sp³-hybridized carbons (Fsp3) is 0.160. The number of ether oxygens (including phenoxy) is 1. The Hall–Kier alpha value is -3.92. The highest BCUT2D eigenvalue weighted by Crippen LogP contribution is 2.34. The van der Waals surface area contributed by atoms with E-state index in [1.165, 1.54) is 35.6 Å². The number of fused-ring (bicyclic) bond motifs is 1. The summed E-state index contributed by atoms with van der Waals surface area (Å²) in [5, 5.41) is 5.85. The molecule has 0 radical (unpaired) electrons. The van der Waals surface area contributed by atoms with Gasteiger partial charge in [-0.15, -0.1) is 0 Å². The summed E-state index contributed by atoms with van der Waals surface area (Å²) in [5.74, 6) is 0.396. The number of alkyl halides is 3. The molecule has 0 aliphatic heterocycles. The van der Waals surface area contributed by atoms with E-state index in [-0.39, 0.29) is 23.1 Å². The van der Waals surface area contributed by atoms with Crippen LogP contribution in [0, 0.1) is 5.92 Å². The smallest absolute Gasteiger partial charge is 0.416 e. The average Bonchev–Trinajstić information content (AvgIpc) is 3.60. The molecular formula is C25H18F3N3O3S. The Kier molecular flexibility index (Phi) is 5.89. The Labute approximate surface area is 201 Å². The van der Waals surface area contributed by atoms with E-state index in [1.54, 1.807) is 30.3 Å². The Morgan fingerprint density at radius 1 is 0.943 bits per heavy atom. The molecule has 1 aliphatic carbocycles. The van der Waals surface area contributed by atoms with E-state index in [0.717, 1.165) is 35.2 Å². The van der Waals surface area contributed by atoms with Gasteiger partial charge in [-0.25, -0.2) is 4.98 Å². The molecule has 5 rings (SSSR count). The standard InChI is InChI=1S/C25H18F3N3O3S/c26-25(27,28)16-4-2-5-17(12-16)29-23(33)15-3-1-6-18(11-15)34-19-9-10-20-21(13-19)35-24(30-20)31-22(32)14-7-8-14/h1-6,9-14H,7-8H2,(H,29,33)(H,30,31,32). The summed E-state index contributed by atoms with van der Waals surface area (Å²) in [4.78, 5) is 29.0. The number of nitrogens with zero attached hydrogens (tertiary/aromatic N) is 1. The molecule has 1 fully saturated rings. The third kappa shape index (κ3) is 5.43. The molecule has 1 aromatic heterocycles. The van der Waals surface area contributed by atoms with Crippen LogP contribution in [0.4, 0.5) is 24.0 Å². The molecule has 2 N–H and O–H groups in total. The van der Waals surface area contributed by atoms with Crippen LogP contribution in [0.15, 0.2) is 66.7 Å². The van der Waals surface area contributed by atoms with Crippen LogP contribution in [0.5, 0.6) is 11.5 Å². The lowest BCUT2D eigenvalue weighted by Crippen LogP contribution is -2.13. The van der Waals surface area contributed by atoms with Crippen molar-refractivity contribution in [3.63, 3.8) is 0 Å². The number of anilines is 2. The van der Waals surface area contributed by atoms with Crippen LogP contribution < -0.4 is 15.4 Å². The number of hydrogen-bond donors (Lipinski definition) is 2. The van der Waals surface area contributed by atoms with Crippen LogP contribution in [0.2, 0.25) is 0 Å². The van der Waals surface area contributed by atoms with Crippen LogP contribution in [-0.4, -0.2) is 16.8 Å². The Morgan fingerprint density at radius 2 is 1.71 bits per heavy atom. The number of benzene rings is 3. The molecule has 0 bridgehead atoms. The van der Waals surface area contributed by atoms with Crippen molar-refractivity contribution in [1.82, 2.24) is 4.98 Å². The maximum atomic E-state index is 12.9. The minimum atomic E-state index is -4.50. The second-order valence-corrected chi connectivity index (χ2v) is 9.11. The molecule has 0 atom stereocenters. The number of rotatable bonds is 6. The number of halogens is 3. The van der Waals surface area contributed by atoms with Gasteiger partial charge in [-0.1, -0.05) is 23.5 Å². The summed E-state index contributed by atoms with van der Waals surface area (Å²) in [6, 6.07) is 16.1. The van der Waals surface area contributed by atoms with Gasteiger partial charge in [-0.2, -0.15) is 13.2 Å². The van der Waals surface area contributed by atoms with Gasteiger partial charge in [0.15, 0.2) is 5.13 Å². The largest absolute Gasteiger partial charge is 0.457 e. The quantitative estimate of drug-likeness (QED) is 0.310. The summed E-state index contributed by atoms with van der Waals surface area (Å²) in [6.45, 7) is 0. The molecular weight excluding hydrogens is 479 g/mol. The van der Waals surface area contributed by atoms with E-state index in [0.29, 0.717) is 16.6 Å². The van der Waals surface area contributed by atoms with Gasteiger partial charge in [-0.3, -0.25) is 9.59 Å². The Morgan fingerprint density at radius 3 is 2.49 bits per heavy atom. The van der Waals surface area contributed by atoms with Crippen molar-refractivity contribution in [3.8, 4) is 11.5 Å². The fourth-order valence-electron chi connectivity index (χ4n) is 3.39. The first-order valence-corrected chi connectivity index (χ1v) is 11.5. The third-order valence-corrected chi connectivity index (χ3v) is 6.25. The lowest BCUT2D eigenvalue weighted by atomic mass is 10.1.